The minimum atomic E-state index is -0.424. The summed E-state index contributed by atoms with van der Waals surface area (Å²) in [5, 5.41) is 3.36. The lowest BCUT2D eigenvalue weighted by Crippen LogP contribution is -2.36. The first-order chi connectivity index (χ1) is 9.44. The monoisotopic (exact) mass is 280 g/mol. The summed E-state index contributed by atoms with van der Waals surface area (Å²) in [6.07, 6.45) is 2.49. The van der Waals surface area contributed by atoms with Gasteiger partial charge < -0.3 is 19.4 Å². The van der Waals surface area contributed by atoms with Gasteiger partial charge in [0.25, 0.3) is 0 Å². The van der Waals surface area contributed by atoms with Gasteiger partial charge in [0.1, 0.15) is 11.4 Å². The second-order valence-corrected chi connectivity index (χ2v) is 6.29. The predicted octanol–water partition coefficient (Wildman–Crippen LogP) is 2.63. The molecule has 20 heavy (non-hydrogen) atoms. The van der Waals surface area contributed by atoms with Crippen molar-refractivity contribution in [3.05, 3.63) is 24.2 Å². The molecule has 1 amide bonds. The molecule has 1 saturated heterocycles. The van der Waals surface area contributed by atoms with Gasteiger partial charge in [0.2, 0.25) is 0 Å². The van der Waals surface area contributed by atoms with Crippen molar-refractivity contribution in [3.63, 3.8) is 0 Å². The Balaban J connectivity index is 1.68. The molecule has 2 rings (SSSR count). The zero-order valence-electron chi connectivity index (χ0n) is 12.5. The van der Waals surface area contributed by atoms with E-state index >= 15 is 0 Å². The van der Waals surface area contributed by atoms with E-state index in [1.165, 1.54) is 0 Å². The summed E-state index contributed by atoms with van der Waals surface area (Å²) in [6, 6.07) is 3.84. The highest BCUT2D eigenvalue weighted by molar-refractivity contribution is 5.68. The normalized spacial score (nSPS) is 19.4. The van der Waals surface area contributed by atoms with Gasteiger partial charge in [-0.1, -0.05) is 0 Å². The van der Waals surface area contributed by atoms with Gasteiger partial charge in [-0.2, -0.15) is 0 Å². The Hall–Kier alpha value is -1.49. The van der Waals surface area contributed by atoms with Crippen molar-refractivity contribution < 1.29 is 13.9 Å². The molecule has 0 unspecified atom stereocenters. The van der Waals surface area contributed by atoms with E-state index in [-0.39, 0.29) is 6.09 Å². The number of furan rings is 1. The molecule has 5 nitrogen and oxygen atoms in total. The molecule has 1 atom stereocenters. The van der Waals surface area contributed by atoms with Gasteiger partial charge in [-0.3, -0.25) is 0 Å². The second kappa shape index (κ2) is 6.31. The molecular formula is C15H24N2O3. The third-order valence-electron chi connectivity index (χ3n) is 3.25. The van der Waals surface area contributed by atoms with Crippen molar-refractivity contribution in [2.45, 2.75) is 39.3 Å². The zero-order chi connectivity index (χ0) is 14.6. The summed E-state index contributed by atoms with van der Waals surface area (Å²) in [6.45, 7) is 8.84. The maximum absolute atomic E-state index is 11.9. The van der Waals surface area contributed by atoms with E-state index in [0.29, 0.717) is 5.92 Å². The number of carbonyl (C=O) groups excluding carboxylic acids is 1. The molecular weight excluding hydrogens is 256 g/mol. The average Bonchev–Trinajstić information content (AvgIpc) is 2.97. The largest absolute Gasteiger partial charge is 0.468 e. The number of nitrogens with zero attached hydrogens (tertiary/aromatic N) is 1. The first kappa shape index (κ1) is 14.9. The molecule has 0 radical (unpaired) electrons. The highest BCUT2D eigenvalue weighted by Gasteiger charge is 2.29. The minimum Gasteiger partial charge on any atom is -0.468 e. The minimum absolute atomic E-state index is 0.203. The Kier molecular flexibility index (Phi) is 4.70. The SMILES string of the molecule is CC(C)(C)OC(=O)N1CC[C@@H](CNCc2ccco2)C1. The smallest absolute Gasteiger partial charge is 0.410 e. The molecule has 112 valence electrons. The summed E-state index contributed by atoms with van der Waals surface area (Å²) in [5.41, 5.74) is -0.424. The third-order valence-corrected chi connectivity index (χ3v) is 3.25. The average molecular weight is 280 g/mol. The maximum atomic E-state index is 11.9. The van der Waals surface area contributed by atoms with E-state index in [1.807, 2.05) is 32.9 Å². The van der Waals surface area contributed by atoms with Crippen molar-refractivity contribution in [1.29, 1.82) is 0 Å². The van der Waals surface area contributed by atoms with Crippen molar-refractivity contribution in [3.8, 4) is 0 Å². The van der Waals surface area contributed by atoms with E-state index in [4.69, 9.17) is 9.15 Å². The van der Waals surface area contributed by atoms with Gasteiger partial charge in [-0.15, -0.1) is 0 Å². The van der Waals surface area contributed by atoms with Gasteiger partial charge in [-0.25, -0.2) is 4.79 Å². The van der Waals surface area contributed by atoms with Crippen LogP contribution in [0, 0.1) is 5.92 Å². The maximum Gasteiger partial charge on any atom is 0.410 e. The molecule has 1 aromatic rings. The van der Waals surface area contributed by atoms with E-state index < -0.39 is 5.60 Å². The summed E-state index contributed by atoms with van der Waals surface area (Å²) >= 11 is 0. The van der Waals surface area contributed by atoms with Crippen molar-refractivity contribution in [2.24, 2.45) is 5.92 Å². The zero-order valence-corrected chi connectivity index (χ0v) is 12.5. The molecule has 2 heterocycles. The van der Waals surface area contributed by atoms with Crippen molar-refractivity contribution >= 4 is 6.09 Å². The topological polar surface area (TPSA) is 54.7 Å². The van der Waals surface area contributed by atoms with Gasteiger partial charge in [0.05, 0.1) is 12.8 Å². The summed E-state index contributed by atoms with van der Waals surface area (Å²) in [5.74, 6) is 1.42. The van der Waals surface area contributed by atoms with E-state index in [2.05, 4.69) is 5.32 Å². The van der Waals surface area contributed by atoms with Gasteiger partial charge >= 0.3 is 6.09 Å². The van der Waals surface area contributed by atoms with Crippen LogP contribution in [-0.4, -0.2) is 36.2 Å². The van der Waals surface area contributed by atoms with E-state index in [9.17, 15) is 4.79 Å². The van der Waals surface area contributed by atoms with Gasteiger partial charge in [-0.05, 0) is 45.2 Å². The molecule has 1 aliphatic heterocycles. The van der Waals surface area contributed by atoms with Crippen LogP contribution in [-0.2, 0) is 11.3 Å². The van der Waals surface area contributed by atoms with Crippen LogP contribution in [0.3, 0.4) is 0 Å². The molecule has 0 aromatic carbocycles. The number of hydrogen-bond donors (Lipinski definition) is 1. The Labute approximate surface area is 120 Å². The van der Waals surface area contributed by atoms with Crippen LogP contribution in [0.1, 0.15) is 33.0 Å². The molecule has 0 bridgehead atoms. The molecule has 0 aliphatic carbocycles. The van der Waals surface area contributed by atoms with E-state index in [1.54, 1.807) is 11.2 Å². The van der Waals surface area contributed by atoms with Crippen LogP contribution in [0.25, 0.3) is 0 Å². The number of amides is 1. The number of hydrogen-bond acceptors (Lipinski definition) is 4. The number of carbonyl (C=O) groups is 1. The first-order valence-electron chi connectivity index (χ1n) is 7.15. The summed E-state index contributed by atoms with van der Waals surface area (Å²) < 4.78 is 10.7. The molecule has 1 aliphatic rings. The highest BCUT2D eigenvalue weighted by atomic mass is 16.6. The Morgan fingerprint density at radius 2 is 2.35 bits per heavy atom. The van der Waals surface area contributed by atoms with Crippen LogP contribution < -0.4 is 5.32 Å². The van der Waals surface area contributed by atoms with Crippen LogP contribution in [0.2, 0.25) is 0 Å². The van der Waals surface area contributed by atoms with Gasteiger partial charge in [0.15, 0.2) is 0 Å². The lowest BCUT2D eigenvalue weighted by molar-refractivity contribution is 0.0288. The molecule has 1 N–H and O–H groups in total. The number of nitrogens with one attached hydrogen (secondary N) is 1. The third kappa shape index (κ3) is 4.56. The summed E-state index contributed by atoms with van der Waals surface area (Å²) in [4.78, 5) is 13.7. The molecule has 0 saturated carbocycles. The highest BCUT2D eigenvalue weighted by Crippen LogP contribution is 2.19. The fourth-order valence-electron chi connectivity index (χ4n) is 2.30. The van der Waals surface area contributed by atoms with Crippen LogP contribution in [0.15, 0.2) is 22.8 Å². The Morgan fingerprint density at radius 3 is 3.00 bits per heavy atom. The van der Waals surface area contributed by atoms with Crippen LogP contribution in [0.5, 0.6) is 0 Å². The van der Waals surface area contributed by atoms with Crippen LogP contribution in [0.4, 0.5) is 4.79 Å². The van der Waals surface area contributed by atoms with Crippen molar-refractivity contribution in [2.75, 3.05) is 19.6 Å². The van der Waals surface area contributed by atoms with Crippen molar-refractivity contribution in [1.82, 2.24) is 10.2 Å². The Morgan fingerprint density at radius 1 is 1.55 bits per heavy atom. The fourth-order valence-corrected chi connectivity index (χ4v) is 2.30. The predicted molar refractivity (Wildman–Crippen MR) is 76.3 cm³/mol. The molecule has 1 fully saturated rings. The van der Waals surface area contributed by atoms with Crippen LogP contribution >= 0.6 is 0 Å². The molecule has 1 aromatic heterocycles. The Bertz CT molecular complexity index is 423. The number of rotatable bonds is 4. The standard InChI is InChI=1S/C15H24N2O3/c1-15(2,3)20-14(18)17-7-6-12(11-17)9-16-10-13-5-4-8-19-13/h4-5,8,12,16H,6-7,9-11H2,1-3H3/t12-/m0/s1. The lowest BCUT2D eigenvalue weighted by atomic mass is 10.1. The number of ether oxygens (including phenoxy) is 1. The molecule has 5 heteroatoms. The number of likely N-dealkylation sites (tertiary alicyclic amines) is 1. The first-order valence-corrected chi connectivity index (χ1v) is 7.15. The quantitative estimate of drug-likeness (QED) is 0.921. The van der Waals surface area contributed by atoms with E-state index in [0.717, 1.165) is 38.4 Å². The second-order valence-electron chi connectivity index (χ2n) is 6.29. The summed E-state index contributed by atoms with van der Waals surface area (Å²) in [7, 11) is 0. The van der Waals surface area contributed by atoms with Gasteiger partial charge in [0, 0.05) is 19.6 Å². The lowest BCUT2D eigenvalue weighted by Gasteiger charge is -2.24. The molecule has 0 spiro atoms. The fraction of sp³-hybridized carbons (Fsp3) is 0.667.